The van der Waals surface area contributed by atoms with Crippen molar-refractivity contribution in [1.29, 1.82) is 0 Å². The number of thiophene rings is 1. The maximum absolute atomic E-state index is 12.8. The first kappa shape index (κ1) is 19.3. The molecule has 0 saturated carbocycles. The quantitative estimate of drug-likeness (QED) is 0.450. The molecule has 9 heteroatoms. The molecular formula is C20H14BrN3O4S. The number of hydrogen-bond donors (Lipinski definition) is 1. The van der Waals surface area contributed by atoms with Crippen LogP contribution in [0, 0.1) is 0 Å². The Labute approximate surface area is 176 Å². The van der Waals surface area contributed by atoms with Crippen molar-refractivity contribution in [2.45, 2.75) is 13.2 Å². The highest BCUT2D eigenvalue weighted by atomic mass is 79.9. The van der Waals surface area contributed by atoms with Crippen molar-refractivity contribution in [2.24, 2.45) is 0 Å². The lowest BCUT2D eigenvalue weighted by molar-refractivity contribution is 0.0478. The molecule has 0 radical (unpaired) electrons. The predicted molar refractivity (Wildman–Crippen MR) is 113 cm³/mol. The summed E-state index contributed by atoms with van der Waals surface area (Å²) in [5, 5.41) is 0.280. The molecule has 3 aromatic heterocycles. The summed E-state index contributed by atoms with van der Waals surface area (Å²) in [6.07, 6.45) is 3.22. The van der Waals surface area contributed by atoms with E-state index in [4.69, 9.17) is 4.74 Å². The number of nitrogens with one attached hydrogen (secondary N) is 1. The molecule has 0 fully saturated rings. The number of nitrogens with zero attached hydrogens (tertiary/aromatic N) is 2. The maximum Gasteiger partial charge on any atom is 0.348 e. The Morgan fingerprint density at radius 2 is 1.83 bits per heavy atom. The maximum atomic E-state index is 12.8. The molecule has 4 rings (SSSR count). The number of carbonyl (C=O) groups is 1. The number of halogens is 1. The normalized spacial score (nSPS) is 10.9. The number of fused-ring (bicyclic) bond motifs is 1. The smallest absolute Gasteiger partial charge is 0.348 e. The standard InChI is InChI=1S/C20H14BrN3O4S/c21-14-3-1-12(2-4-14)10-24-18(25)15-9-16(29-17(15)23-20(24)27)19(26)28-11-13-5-7-22-8-6-13/h1-9H,10-11H2,(H,23,27). The van der Waals surface area contributed by atoms with Crippen molar-refractivity contribution >= 4 is 43.5 Å². The summed E-state index contributed by atoms with van der Waals surface area (Å²) in [7, 11) is 0. The van der Waals surface area contributed by atoms with Crippen molar-refractivity contribution < 1.29 is 9.53 Å². The summed E-state index contributed by atoms with van der Waals surface area (Å²) < 4.78 is 7.31. The zero-order valence-electron chi connectivity index (χ0n) is 14.9. The van der Waals surface area contributed by atoms with E-state index < -0.39 is 17.2 Å². The first-order valence-electron chi connectivity index (χ1n) is 8.58. The van der Waals surface area contributed by atoms with Gasteiger partial charge < -0.3 is 4.74 Å². The van der Waals surface area contributed by atoms with E-state index in [1.165, 1.54) is 6.07 Å². The topological polar surface area (TPSA) is 94.0 Å². The predicted octanol–water partition coefficient (Wildman–Crippen LogP) is 3.31. The molecule has 0 bridgehead atoms. The van der Waals surface area contributed by atoms with E-state index in [0.29, 0.717) is 4.83 Å². The summed E-state index contributed by atoms with van der Waals surface area (Å²) in [6.45, 7) is 0.231. The minimum atomic E-state index is -0.553. The zero-order valence-corrected chi connectivity index (χ0v) is 17.3. The highest BCUT2D eigenvalue weighted by Crippen LogP contribution is 2.21. The van der Waals surface area contributed by atoms with E-state index in [1.807, 2.05) is 24.3 Å². The van der Waals surface area contributed by atoms with Gasteiger partial charge in [0.05, 0.1) is 11.9 Å². The Hall–Kier alpha value is -3.04. The van der Waals surface area contributed by atoms with Gasteiger partial charge in [0.2, 0.25) is 0 Å². The second-order valence-electron chi connectivity index (χ2n) is 6.23. The summed E-state index contributed by atoms with van der Waals surface area (Å²) in [6, 6.07) is 12.3. The van der Waals surface area contributed by atoms with Crippen LogP contribution in [0.1, 0.15) is 20.8 Å². The summed E-state index contributed by atoms with van der Waals surface area (Å²) in [5.41, 5.74) is 0.646. The molecule has 4 aromatic rings. The van der Waals surface area contributed by atoms with Crippen LogP contribution in [0.4, 0.5) is 0 Å². The molecular weight excluding hydrogens is 458 g/mol. The third-order valence-corrected chi connectivity index (χ3v) is 5.81. The van der Waals surface area contributed by atoms with Gasteiger partial charge in [-0.25, -0.2) is 9.59 Å². The van der Waals surface area contributed by atoms with Crippen molar-refractivity contribution in [3.8, 4) is 0 Å². The van der Waals surface area contributed by atoms with Crippen molar-refractivity contribution in [1.82, 2.24) is 14.5 Å². The summed E-state index contributed by atoms with van der Waals surface area (Å²) in [5.74, 6) is -0.553. The van der Waals surface area contributed by atoms with E-state index in [2.05, 4.69) is 25.9 Å². The first-order valence-corrected chi connectivity index (χ1v) is 10.2. The van der Waals surface area contributed by atoms with Gasteiger partial charge in [0, 0.05) is 16.9 Å². The number of aromatic amines is 1. The fourth-order valence-corrected chi connectivity index (χ4v) is 3.96. The number of rotatable bonds is 5. The van der Waals surface area contributed by atoms with Gasteiger partial charge in [0.15, 0.2) is 0 Å². The Morgan fingerprint density at radius 3 is 2.55 bits per heavy atom. The van der Waals surface area contributed by atoms with Gasteiger partial charge in [0.1, 0.15) is 16.3 Å². The van der Waals surface area contributed by atoms with Gasteiger partial charge in [0.25, 0.3) is 5.56 Å². The third kappa shape index (κ3) is 4.20. The van der Waals surface area contributed by atoms with Crippen LogP contribution >= 0.6 is 27.3 Å². The largest absolute Gasteiger partial charge is 0.457 e. The monoisotopic (exact) mass is 471 g/mol. The minimum absolute atomic E-state index is 0.0971. The molecule has 0 aliphatic heterocycles. The number of H-pyrrole nitrogens is 1. The van der Waals surface area contributed by atoms with Gasteiger partial charge in [-0.3, -0.25) is 19.3 Å². The highest BCUT2D eigenvalue weighted by molar-refractivity contribution is 9.10. The summed E-state index contributed by atoms with van der Waals surface area (Å²) in [4.78, 5) is 44.8. The lowest BCUT2D eigenvalue weighted by Gasteiger charge is -2.05. The van der Waals surface area contributed by atoms with Gasteiger partial charge in [-0.05, 0) is 41.5 Å². The van der Waals surface area contributed by atoms with Crippen LogP contribution in [-0.2, 0) is 17.9 Å². The molecule has 3 heterocycles. The molecule has 0 saturated heterocycles. The van der Waals surface area contributed by atoms with E-state index in [-0.39, 0.29) is 23.4 Å². The van der Waals surface area contributed by atoms with Gasteiger partial charge in [-0.2, -0.15) is 0 Å². The van der Waals surface area contributed by atoms with Crippen LogP contribution in [0.2, 0.25) is 0 Å². The molecule has 0 atom stereocenters. The van der Waals surface area contributed by atoms with E-state index in [0.717, 1.165) is 31.5 Å². The Balaban J connectivity index is 1.61. The highest BCUT2D eigenvalue weighted by Gasteiger charge is 2.17. The second-order valence-corrected chi connectivity index (χ2v) is 8.20. The van der Waals surface area contributed by atoms with Crippen LogP contribution in [-0.4, -0.2) is 20.5 Å². The van der Waals surface area contributed by atoms with Crippen molar-refractivity contribution in [3.05, 3.63) is 96.2 Å². The fraction of sp³-hybridized carbons (Fsp3) is 0.100. The third-order valence-electron chi connectivity index (χ3n) is 4.25. The Kier molecular flexibility index (Phi) is 5.41. The van der Waals surface area contributed by atoms with E-state index in [9.17, 15) is 14.4 Å². The molecule has 0 unspecified atom stereocenters. The van der Waals surface area contributed by atoms with Crippen LogP contribution < -0.4 is 11.2 Å². The van der Waals surface area contributed by atoms with Gasteiger partial charge in [-0.15, -0.1) is 11.3 Å². The number of benzene rings is 1. The van der Waals surface area contributed by atoms with E-state index in [1.54, 1.807) is 24.5 Å². The summed E-state index contributed by atoms with van der Waals surface area (Å²) >= 11 is 4.38. The Morgan fingerprint density at radius 1 is 1.10 bits per heavy atom. The van der Waals surface area contributed by atoms with Crippen LogP contribution in [0.25, 0.3) is 10.2 Å². The molecule has 0 spiro atoms. The average Bonchev–Trinajstić information content (AvgIpc) is 3.16. The van der Waals surface area contributed by atoms with Crippen LogP contribution in [0.5, 0.6) is 0 Å². The lowest BCUT2D eigenvalue weighted by atomic mass is 10.2. The molecule has 29 heavy (non-hydrogen) atoms. The van der Waals surface area contributed by atoms with Crippen molar-refractivity contribution in [2.75, 3.05) is 0 Å². The molecule has 146 valence electrons. The number of hydrogen-bond acceptors (Lipinski definition) is 6. The van der Waals surface area contributed by atoms with Gasteiger partial charge in [-0.1, -0.05) is 28.1 Å². The average molecular weight is 472 g/mol. The Bertz CT molecular complexity index is 1290. The number of aromatic nitrogens is 3. The van der Waals surface area contributed by atoms with Crippen LogP contribution in [0.15, 0.2) is 68.9 Å². The number of carbonyl (C=O) groups excluding carboxylic acids is 1. The number of esters is 1. The zero-order chi connectivity index (χ0) is 20.4. The van der Waals surface area contributed by atoms with Crippen molar-refractivity contribution in [3.63, 3.8) is 0 Å². The molecule has 0 aliphatic rings. The molecule has 1 aromatic carbocycles. The molecule has 7 nitrogen and oxygen atoms in total. The van der Waals surface area contributed by atoms with Crippen LogP contribution in [0.3, 0.4) is 0 Å². The first-order chi connectivity index (χ1) is 14.0. The SMILES string of the molecule is O=C(OCc1ccncc1)c1cc2c(=O)n(Cc3ccc(Br)cc3)c(=O)[nH]c2s1. The molecule has 0 amide bonds. The minimum Gasteiger partial charge on any atom is -0.457 e. The molecule has 1 N–H and O–H groups in total. The van der Waals surface area contributed by atoms with E-state index >= 15 is 0 Å². The number of ether oxygens (including phenoxy) is 1. The fourth-order valence-electron chi connectivity index (χ4n) is 2.76. The molecule has 0 aliphatic carbocycles. The van der Waals surface area contributed by atoms with Gasteiger partial charge >= 0.3 is 11.7 Å². The number of pyridine rings is 1. The second kappa shape index (κ2) is 8.14. The lowest BCUT2D eigenvalue weighted by Crippen LogP contribution is -2.34.